The van der Waals surface area contributed by atoms with Crippen molar-refractivity contribution in [2.45, 2.75) is 56.5 Å². The number of methoxy groups -OCH3 is 1. The fraction of sp³-hybridized carbons (Fsp3) is 0.526. The van der Waals surface area contributed by atoms with Crippen LogP contribution in [0.5, 0.6) is 11.5 Å². The van der Waals surface area contributed by atoms with Crippen LogP contribution in [0.25, 0.3) is 0 Å². The SMILES string of the molecule is COc1ccc(C2(C#N)CC=C(O)CC2)cc1OC1CCCC1. The quantitative estimate of drug-likeness (QED) is 0.894. The first-order valence-corrected chi connectivity index (χ1v) is 8.31. The van der Waals surface area contributed by atoms with E-state index < -0.39 is 5.41 Å². The summed E-state index contributed by atoms with van der Waals surface area (Å²) in [5, 5.41) is 19.4. The van der Waals surface area contributed by atoms with Crippen molar-refractivity contribution in [3.05, 3.63) is 35.6 Å². The smallest absolute Gasteiger partial charge is 0.161 e. The summed E-state index contributed by atoms with van der Waals surface area (Å²) in [6, 6.07) is 8.25. The first-order valence-electron chi connectivity index (χ1n) is 8.31. The van der Waals surface area contributed by atoms with Gasteiger partial charge in [0.1, 0.15) is 0 Å². The molecule has 1 unspecified atom stereocenters. The summed E-state index contributed by atoms with van der Waals surface area (Å²) in [7, 11) is 1.64. The maximum atomic E-state index is 9.75. The lowest BCUT2D eigenvalue weighted by atomic mass is 9.72. The van der Waals surface area contributed by atoms with Crippen LogP contribution in [0.3, 0.4) is 0 Å². The van der Waals surface area contributed by atoms with Crippen LogP contribution in [-0.2, 0) is 5.41 Å². The molecule has 0 aliphatic heterocycles. The van der Waals surface area contributed by atoms with Gasteiger partial charge in [-0.3, -0.25) is 0 Å². The summed E-state index contributed by atoms with van der Waals surface area (Å²) in [6.07, 6.45) is 8.27. The number of ether oxygens (including phenoxy) is 2. The van der Waals surface area contributed by atoms with Crippen molar-refractivity contribution in [2.75, 3.05) is 7.11 Å². The van der Waals surface area contributed by atoms with Gasteiger partial charge in [-0.05, 0) is 62.3 Å². The molecule has 4 heteroatoms. The molecule has 0 amide bonds. The van der Waals surface area contributed by atoms with Crippen LogP contribution in [0, 0.1) is 11.3 Å². The summed E-state index contributed by atoms with van der Waals surface area (Å²) in [5.41, 5.74) is 0.351. The minimum Gasteiger partial charge on any atom is -0.513 e. The molecule has 0 radical (unpaired) electrons. The minimum atomic E-state index is -0.591. The topological polar surface area (TPSA) is 62.5 Å². The van der Waals surface area contributed by atoms with E-state index in [-0.39, 0.29) is 6.10 Å². The van der Waals surface area contributed by atoms with Crippen LogP contribution < -0.4 is 9.47 Å². The molecule has 0 bridgehead atoms. The zero-order chi connectivity index (χ0) is 16.3. The molecule has 4 nitrogen and oxygen atoms in total. The highest BCUT2D eigenvalue weighted by Gasteiger charge is 2.35. The summed E-state index contributed by atoms with van der Waals surface area (Å²) in [4.78, 5) is 0. The predicted molar refractivity (Wildman–Crippen MR) is 87.7 cm³/mol. The Bertz CT molecular complexity index is 641. The predicted octanol–water partition coefficient (Wildman–Crippen LogP) is 4.40. The fourth-order valence-electron chi connectivity index (χ4n) is 3.52. The molecular weight excluding hydrogens is 290 g/mol. The number of aliphatic hydroxyl groups excluding tert-OH is 1. The molecule has 2 aliphatic carbocycles. The summed E-state index contributed by atoms with van der Waals surface area (Å²) < 4.78 is 11.6. The van der Waals surface area contributed by atoms with E-state index in [9.17, 15) is 10.4 Å². The third kappa shape index (κ3) is 3.14. The number of hydrogen-bond donors (Lipinski definition) is 1. The van der Waals surface area contributed by atoms with Crippen molar-refractivity contribution in [2.24, 2.45) is 0 Å². The molecule has 3 rings (SSSR count). The molecule has 2 aliphatic rings. The van der Waals surface area contributed by atoms with E-state index in [1.807, 2.05) is 18.2 Å². The van der Waals surface area contributed by atoms with Crippen molar-refractivity contribution in [1.82, 2.24) is 0 Å². The van der Waals surface area contributed by atoms with Gasteiger partial charge in [0, 0.05) is 6.42 Å². The Kier molecular flexibility index (Phi) is 4.47. The fourth-order valence-corrected chi connectivity index (χ4v) is 3.52. The number of hydrogen-bond acceptors (Lipinski definition) is 4. The van der Waals surface area contributed by atoms with Gasteiger partial charge < -0.3 is 14.6 Å². The molecule has 0 saturated heterocycles. The van der Waals surface area contributed by atoms with Crippen LogP contribution in [0.4, 0.5) is 0 Å². The Morgan fingerprint density at radius 1 is 1.26 bits per heavy atom. The maximum absolute atomic E-state index is 9.75. The van der Waals surface area contributed by atoms with Gasteiger partial charge in [0.2, 0.25) is 0 Å². The van der Waals surface area contributed by atoms with Gasteiger partial charge in [-0.15, -0.1) is 0 Å². The Balaban J connectivity index is 1.91. The normalized spacial score (nSPS) is 24.8. The Morgan fingerprint density at radius 2 is 2.04 bits per heavy atom. The number of nitriles is 1. The molecule has 1 fully saturated rings. The highest BCUT2D eigenvalue weighted by atomic mass is 16.5. The average Bonchev–Trinajstić information content (AvgIpc) is 3.09. The lowest BCUT2D eigenvalue weighted by Gasteiger charge is -2.30. The highest BCUT2D eigenvalue weighted by Crippen LogP contribution is 2.41. The molecule has 1 saturated carbocycles. The zero-order valence-corrected chi connectivity index (χ0v) is 13.5. The third-order valence-corrected chi connectivity index (χ3v) is 5.02. The molecular formula is C19H23NO3. The van der Waals surface area contributed by atoms with Gasteiger partial charge >= 0.3 is 0 Å². The molecule has 122 valence electrons. The lowest BCUT2D eigenvalue weighted by molar-refractivity contribution is 0.200. The summed E-state index contributed by atoms with van der Waals surface area (Å²) in [5.74, 6) is 1.82. The van der Waals surface area contributed by atoms with Crippen LogP contribution in [0.2, 0.25) is 0 Å². The van der Waals surface area contributed by atoms with Crippen LogP contribution >= 0.6 is 0 Å². The van der Waals surface area contributed by atoms with Gasteiger partial charge in [-0.2, -0.15) is 5.26 Å². The van der Waals surface area contributed by atoms with Crippen LogP contribution in [0.1, 0.15) is 50.5 Å². The molecule has 23 heavy (non-hydrogen) atoms. The Hall–Kier alpha value is -2.15. The largest absolute Gasteiger partial charge is 0.513 e. The lowest BCUT2D eigenvalue weighted by Crippen LogP contribution is -2.26. The number of nitrogens with zero attached hydrogens (tertiary/aromatic N) is 1. The minimum absolute atomic E-state index is 0.243. The monoisotopic (exact) mass is 313 g/mol. The van der Waals surface area contributed by atoms with Crippen LogP contribution in [0.15, 0.2) is 30.0 Å². The van der Waals surface area contributed by atoms with Crippen molar-refractivity contribution in [1.29, 1.82) is 5.26 Å². The first-order chi connectivity index (χ1) is 11.2. The number of allylic oxidation sites excluding steroid dienone is 2. The Labute approximate surface area is 137 Å². The standard InChI is InChI=1S/C19H23NO3/c1-22-17-7-6-14(12-18(17)23-16-4-2-3-5-16)19(13-20)10-8-15(21)9-11-19/h6-8,12,16,21H,2-5,9-11H2,1H3. The summed E-state index contributed by atoms with van der Waals surface area (Å²) in [6.45, 7) is 0. The van der Waals surface area contributed by atoms with E-state index in [0.29, 0.717) is 30.8 Å². The van der Waals surface area contributed by atoms with E-state index in [1.165, 1.54) is 12.8 Å². The molecule has 1 aromatic carbocycles. The van der Waals surface area contributed by atoms with E-state index in [4.69, 9.17) is 9.47 Å². The molecule has 0 spiro atoms. The van der Waals surface area contributed by atoms with Crippen molar-refractivity contribution in [3.63, 3.8) is 0 Å². The number of benzene rings is 1. The molecule has 0 aromatic heterocycles. The maximum Gasteiger partial charge on any atom is 0.161 e. The van der Waals surface area contributed by atoms with Gasteiger partial charge in [-0.25, -0.2) is 0 Å². The Morgan fingerprint density at radius 3 is 2.65 bits per heavy atom. The van der Waals surface area contributed by atoms with E-state index in [0.717, 1.165) is 24.2 Å². The van der Waals surface area contributed by atoms with Crippen molar-refractivity contribution in [3.8, 4) is 17.6 Å². The highest BCUT2D eigenvalue weighted by molar-refractivity contribution is 5.48. The number of aliphatic hydroxyl groups is 1. The second-order valence-corrected chi connectivity index (χ2v) is 6.48. The zero-order valence-electron chi connectivity index (χ0n) is 13.5. The van der Waals surface area contributed by atoms with E-state index >= 15 is 0 Å². The molecule has 1 aromatic rings. The summed E-state index contributed by atoms with van der Waals surface area (Å²) >= 11 is 0. The van der Waals surface area contributed by atoms with Crippen molar-refractivity contribution >= 4 is 0 Å². The third-order valence-electron chi connectivity index (χ3n) is 5.02. The molecule has 1 N–H and O–H groups in total. The van der Waals surface area contributed by atoms with Gasteiger partial charge in [0.05, 0.1) is 30.5 Å². The van der Waals surface area contributed by atoms with Gasteiger partial charge in [0.15, 0.2) is 11.5 Å². The average molecular weight is 313 g/mol. The van der Waals surface area contributed by atoms with E-state index in [2.05, 4.69) is 6.07 Å². The van der Waals surface area contributed by atoms with Gasteiger partial charge in [0.25, 0.3) is 0 Å². The first kappa shape index (κ1) is 15.7. The molecule has 0 heterocycles. The van der Waals surface area contributed by atoms with Crippen LogP contribution in [-0.4, -0.2) is 18.3 Å². The van der Waals surface area contributed by atoms with E-state index in [1.54, 1.807) is 13.2 Å². The second-order valence-electron chi connectivity index (χ2n) is 6.48. The van der Waals surface area contributed by atoms with Crippen molar-refractivity contribution < 1.29 is 14.6 Å². The molecule has 1 atom stereocenters. The number of rotatable bonds is 4. The second kappa shape index (κ2) is 6.54. The van der Waals surface area contributed by atoms with Gasteiger partial charge in [-0.1, -0.05) is 6.07 Å².